The molecule has 0 aliphatic carbocycles. The maximum absolute atomic E-state index is 11.3. The van der Waals surface area contributed by atoms with Crippen molar-refractivity contribution in [1.82, 2.24) is 0 Å². The van der Waals surface area contributed by atoms with Gasteiger partial charge in [-0.2, -0.15) is 8.42 Å². The summed E-state index contributed by atoms with van der Waals surface area (Å²) in [4.78, 5) is 11.3. The Morgan fingerprint density at radius 2 is 1.57 bits per heavy atom. The summed E-state index contributed by atoms with van der Waals surface area (Å²) in [6, 6.07) is 0. The smallest absolute Gasteiger partial charge is 0.397 e. The maximum atomic E-state index is 11.3. The summed E-state index contributed by atoms with van der Waals surface area (Å²) < 4.78 is 56.7. The van der Waals surface area contributed by atoms with Crippen LogP contribution in [0.25, 0.3) is 0 Å². The number of aliphatic hydroxyl groups is 3. The molecule has 13 nitrogen and oxygen atoms in total. The zero-order valence-corrected chi connectivity index (χ0v) is 16.0. The molecule has 0 bridgehead atoms. The zero-order valence-electron chi connectivity index (χ0n) is 15.2. The SMILES string of the molecule is COC1OC(C)[C@H](O[C@@H]2OC(C(=O)O)[C@@H](C)[C@@H](O)[C@@H]2O)[C@H](OS(=O)(=O)O)[C@@H]1O. The fourth-order valence-electron chi connectivity index (χ4n) is 3.17. The van der Waals surface area contributed by atoms with E-state index in [1.807, 2.05) is 0 Å². The van der Waals surface area contributed by atoms with Crippen molar-refractivity contribution >= 4 is 16.4 Å². The summed E-state index contributed by atoms with van der Waals surface area (Å²) >= 11 is 0. The molecule has 10 atom stereocenters. The van der Waals surface area contributed by atoms with E-state index in [-0.39, 0.29) is 0 Å². The van der Waals surface area contributed by atoms with Crippen LogP contribution in [0.1, 0.15) is 13.8 Å². The molecule has 3 unspecified atom stereocenters. The largest absolute Gasteiger partial charge is 0.479 e. The number of hydrogen-bond donors (Lipinski definition) is 5. The molecule has 2 fully saturated rings. The van der Waals surface area contributed by atoms with E-state index in [0.717, 1.165) is 0 Å². The van der Waals surface area contributed by atoms with Gasteiger partial charge in [0, 0.05) is 13.0 Å². The molecule has 0 aromatic heterocycles. The molecule has 164 valence electrons. The van der Waals surface area contributed by atoms with Gasteiger partial charge in [0.25, 0.3) is 0 Å². The van der Waals surface area contributed by atoms with Gasteiger partial charge in [-0.25, -0.2) is 8.98 Å². The van der Waals surface area contributed by atoms with Gasteiger partial charge in [0.1, 0.15) is 24.4 Å². The molecule has 2 aliphatic rings. The molecule has 2 saturated heterocycles. The lowest BCUT2D eigenvalue weighted by atomic mass is 9.90. The van der Waals surface area contributed by atoms with Crippen LogP contribution >= 0.6 is 0 Å². The van der Waals surface area contributed by atoms with Gasteiger partial charge in [-0.3, -0.25) is 4.55 Å². The van der Waals surface area contributed by atoms with E-state index in [1.165, 1.54) is 21.0 Å². The van der Waals surface area contributed by atoms with Crippen LogP contribution in [0.3, 0.4) is 0 Å². The van der Waals surface area contributed by atoms with Crippen molar-refractivity contribution < 1.29 is 61.3 Å². The minimum absolute atomic E-state index is 0.972. The second-order valence-electron chi connectivity index (χ2n) is 6.63. The number of carbonyl (C=O) groups is 1. The second kappa shape index (κ2) is 8.83. The molecule has 2 aliphatic heterocycles. The third-order valence-corrected chi connectivity index (χ3v) is 5.14. The number of aliphatic carboxylic acids is 1. The molecule has 0 saturated carbocycles. The Hall–Kier alpha value is -0.940. The fraction of sp³-hybridized carbons (Fsp3) is 0.929. The van der Waals surface area contributed by atoms with Crippen molar-refractivity contribution in [3.05, 3.63) is 0 Å². The lowest BCUT2D eigenvalue weighted by Gasteiger charge is -2.45. The third kappa shape index (κ3) is 4.96. The van der Waals surface area contributed by atoms with Crippen molar-refractivity contribution in [2.45, 2.75) is 69.2 Å². The zero-order chi connectivity index (χ0) is 21.4. The second-order valence-corrected chi connectivity index (χ2v) is 7.68. The van der Waals surface area contributed by atoms with E-state index in [0.29, 0.717) is 0 Å². The van der Waals surface area contributed by atoms with Crippen LogP contribution in [0.2, 0.25) is 0 Å². The van der Waals surface area contributed by atoms with Crippen LogP contribution in [0.5, 0.6) is 0 Å². The fourth-order valence-corrected chi connectivity index (χ4v) is 3.68. The highest BCUT2D eigenvalue weighted by molar-refractivity contribution is 7.80. The quantitative estimate of drug-likeness (QED) is 0.276. The van der Waals surface area contributed by atoms with Crippen LogP contribution in [-0.4, -0.2) is 102 Å². The predicted octanol–water partition coefficient (Wildman–Crippen LogP) is -2.52. The highest BCUT2D eigenvalue weighted by atomic mass is 32.3. The summed E-state index contributed by atoms with van der Waals surface area (Å²) in [5.41, 5.74) is 0. The molecular weight excluding hydrogens is 408 g/mol. The number of methoxy groups -OCH3 is 1. The first kappa shape index (κ1) is 23.3. The maximum Gasteiger partial charge on any atom is 0.397 e. The Balaban J connectivity index is 2.27. The van der Waals surface area contributed by atoms with Crippen LogP contribution in [0.15, 0.2) is 0 Å². The minimum Gasteiger partial charge on any atom is -0.479 e. The van der Waals surface area contributed by atoms with Gasteiger partial charge >= 0.3 is 16.4 Å². The van der Waals surface area contributed by atoms with Crippen molar-refractivity contribution in [2.75, 3.05) is 7.11 Å². The first-order valence-corrected chi connectivity index (χ1v) is 9.65. The van der Waals surface area contributed by atoms with Crippen molar-refractivity contribution in [3.8, 4) is 0 Å². The van der Waals surface area contributed by atoms with Gasteiger partial charge in [-0.15, -0.1) is 0 Å². The topological polar surface area (TPSA) is 199 Å². The van der Waals surface area contributed by atoms with Crippen LogP contribution < -0.4 is 0 Å². The number of ether oxygens (including phenoxy) is 4. The lowest BCUT2D eigenvalue weighted by Crippen LogP contribution is -2.63. The van der Waals surface area contributed by atoms with Crippen LogP contribution in [0, 0.1) is 5.92 Å². The summed E-state index contributed by atoms with van der Waals surface area (Å²) in [5.74, 6) is -2.38. The van der Waals surface area contributed by atoms with Crippen LogP contribution in [-0.2, 0) is 38.3 Å². The Morgan fingerprint density at radius 3 is 2.07 bits per heavy atom. The predicted molar refractivity (Wildman–Crippen MR) is 86.1 cm³/mol. The van der Waals surface area contributed by atoms with Gasteiger partial charge in [0.2, 0.25) is 0 Å². The van der Waals surface area contributed by atoms with E-state index in [1.54, 1.807) is 0 Å². The molecule has 0 amide bonds. The monoisotopic (exact) mass is 432 g/mol. The van der Waals surface area contributed by atoms with E-state index < -0.39 is 77.6 Å². The molecule has 0 aromatic rings. The van der Waals surface area contributed by atoms with E-state index in [2.05, 4.69) is 4.18 Å². The molecule has 0 radical (unpaired) electrons. The summed E-state index contributed by atoms with van der Waals surface area (Å²) in [7, 11) is -3.86. The highest BCUT2D eigenvalue weighted by Crippen LogP contribution is 2.32. The van der Waals surface area contributed by atoms with Gasteiger partial charge < -0.3 is 39.4 Å². The standard InChI is InChI=1S/C14H24O13S/c1-4-6(15)7(16)14(25-9(4)12(18)19)26-10-5(2)24-13(23-3)8(17)11(10)27-28(20,21)22/h4-11,13-17H,1-3H3,(H,18,19)(H,20,21,22)/t4-,5?,6+,7-,8-,9?,10-,11+,13?,14-/m0/s1. The Labute approximate surface area is 160 Å². The molecule has 14 heteroatoms. The summed E-state index contributed by atoms with van der Waals surface area (Å²) in [6.45, 7) is 2.75. The van der Waals surface area contributed by atoms with Gasteiger partial charge in [0.15, 0.2) is 18.7 Å². The van der Waals surface area contributed by atoms with Gasteiger partial charge in [0.05, 0.1) is 12.2 Å². The average molecular weight is 432 g/mol. The van der Waals surface area contributed by atoms with Gasteiger partial charge in [-0.1, -0.05) is 6.92 Å². The summed E-state index contributed by atoms with van der Waals surface area (Å²) in [5, 5.41) is 39.7. The number of carboxylic acids is 1. The number of carboxylic acid groups (broad SMARTS) is 1. The third-order valence-electron chi connectivity index (χ3n) is 4.68. The average Bonchev–Trinajstić information content (AvgIpc) is 2.59. The molecule has 5 N–H and O–H groups in total. The first-order chi connectivity index (χ1) is 12.9. The van der Waals surface area contributed by atoms with Gasteiger partial charge in [-0.05, 0) is 6.92 Å². The molecule has 28 heavy (non-hydrogen) atoms. The number of aliphatic hydroxyl groups excluding tert-OH is 3. The number of rotatable bonds is 6. The molecule has 2 rings (SSSR count). The molecular formula is C14H24O13S. The summed E-state index contributed by atoms with van der Waals surface area (Å²) in [6.07, 6.45) is -13.8. The first-order valence-electron chi connectivity index (χ1n) is 8.29. The molecule has 0 spiro atoms. The van der Waals surface area contributed by atoms with Crippen molar-refractivity contribution in [2.24, 2.45) is 5.92 Å². The normalized spacial score (nSPS) is 45.0. The Kier molecular flexibility index (Phi) is 7.36. The van der Waals surface area contributed by atoms with E-state index in [4.69, 9.17) is 23.5 Å². The Morgan fingerprint density at radius 1 is 0.964 bits per heavy atom. The number of hydrogen-bond acceptors (Lipinski definition) is 11. The van der Waals surface area contributed by atoms with Crippen molar-refractivity contribution in [3.63, 3.8) is 0 Å². The van der Waals surface area contributed by atoms with Crippen LogP contribution in [0.4, 0.5) is 0 Å². The molecule has 2 heterocycles. The van der Waals surface area contributed by atoms with E-state index in [9.17, 15) is 33.6 Å². The van der Waals surface area contributed by atoms with Crippen molar-refractivity contribution in [1.29, 1.82) is 0 Å². The molecule has 0 aromatic carbocycles. The minimum atomic E-state index is -5.04. The lowest BCUT2D eigenvalue weighted by molar-refractivity contribution is -0.342. The van der Waals surface area contributed by atoms with E-state index >= 15 is 0 Å². The Bertz CT molecular complexity index is 654. The highest BCUT2D eigenvalue weighted by Gasteiger charge is 2.52.